The SMILES string of the molecule is CCN(CCCCCCNC1=CC(=O)C(NCCCCCCN(CC)Cc2ccccn2)=CC1=O)Cc1ccccn1. The van der Waals surface area contributed by atoms with Gasteiger partial charge in [0.25, 0.3) is 0 Å². The van der Waals surface area contributed by atoms with E-state index in [9.17, 15) is 9.59 Å². The van der Waals surface area contributed by atoms with Crippen LogP contribution >= 0.6 is 0 Å². The molecule has 0 unspecified atom stereocenters. The van der Waals surface area contributed by atoms with Gasteiger partial charge in [0, 0.05) is 50.7 Å². The summed E-state index contributed by atoms with van der Waals surface area (Å²) in [6.45, 7) is 11.7. The highest BCUT2D eigenvalue weighted by molar-refractivity contribution is 6.19. The summed E-state index contributed by atoms with van der Waals surface area (Å²) >= 11 is 0. The molecule has 0 aliphatic heterocycles. The number of unbranched alkanes of at least 4 members (excludes halogenated alkanes) is 6. The molecule has 0 amide bonds. The van der Waals surface area contributed by atoms with Crippen molar-refractivity contribution in [1.82, 2.24) is 30.4 Å². The van der Waals surface area contributed by atoms with E-state index < -0.39 is 0 Å². The summed E-state index contributed by atoms with van der Waals surface area (Å²) in [5.41, 5.74) is 3.03. The van der Waals surface area contributed by atoms with Crippen molar-refractivity contribution < 1.29 is 9.59 Å². The Bertz CT molecular complexity index is 1030. The molecule has 228 valence electrons. The second-order valence-corrected chi connectivity index (χ2v) is 10.9. The van der Waals surface area contributed by atoms with Crippen LogP contribution in [-0.4, -0.2) is 70.6 Å². The van der Waals surface area contributed by atoms with Crippen LogP contribution in [0.3, 0.4) is 0 Å². The molecule has 0 aromatic carbocycles. The van der Waals surface area contributed by atoms with Crippen molar-refractivity contribution in [3.8, 4) is 0 Å². The van der Waals surface area contributed by atoms with Gasteiger partial charge in [0.15, 0.2) is 0 Å². The van der Waals surface area contributed by atoms with Gasteiger partial charge in [-0.1, -0.05) is 51.7 Å². The predicted octanol–water partition coefficient (Wildman–Crippen LogP) is 5.04. The molecule has 0 saturated carbocycles. The van der Waals surface area contributed by atoms with Crippen molar-refractivity contribution in [3.63, 3.8) is 0 Å². The van der Waals surface area contributed by atoms with E-state index in [1.54, 1.807) is 0 Å². The number of hydrogen-bond donors (Lipinski definition) is 2. The smallest absolute Gasteiger partial charge is 0.203 e. The van der Waals surface area contributed by atoms with E-state index in [0.29, 0.717) is 24.5 Å². The molecular weight excluding hydrogens is 524 g/mol. The first-order valence-corrected chi connectivity index (χ1v) is 15.8. The molecule has 0 saturated heterocycles. The van der Waals surface area contributed by atoms with Gasteiger partial charge in [-0.2, -0.15) is 0 Å². The van der Waals surface area contributed by atoms with Crippen LogP contribution in [0.2, 0.25) is 0 Å². The molecule has 0 bridgehead atoms. The molecule has 2 N–H and O–H groups in total. The number of aromatic nitrogens is 2. The van der Waals surface area contributed by atoms with Gasteiger partial charge in [-0.05, 0) is 76.1 Å². The Hall–Kier alpha value is -3.36. The molecule has 0 atom stereocenters. The fourth-order valence-corrected chi connectivity index (χ4v) is 5.05. The Labute approximate surface area is 252 Å². The van der Waals surface area contributed by atoms with Crippen LogP contribution in [-0.2, 0) is 22.7 Å². The molecule has 2 aromatic heterocycles. The average Bonchev–Trinajstić information content (AvgIpc) is 3.01. The van der Waals surface area contributed by atoms with E-state index in [0.717, 1.165) is 102 Å². The first-order chi connectivity index (χ1) is 20.6. The highest BCUT2D eigenvalue weighted by Crippen LogP contribution is 2.11. The van der Waals surface area contributed by atoms with Gasteiger partial charge >= 0.3 is 0 Å². The third-order valence-corrected chi connectivity index (χ3v) is 7.63. The van der Waals surface area contributed by atoms with Crippen LogP contribution < -0.4 is 10.6 Å². The zero-order valence-corrected chi connectivity index (χ0v) is 25.7. The van der Waals surface area contributed by atoms with Gasteiger partial charge in [-0.25, -0.2) is 0 Å². The van der Waals surface area contributed by atoms with Crippen molar-refractivity contribution in [1.29, 1.82) is 0 Å². The Kier molecular flexibility index (Phi) is 15.6. The van der Waals surface area contributed by atoms with E-state index >= 15 is 0 Å². The lowest BCUT2D eigenvalue weighted by Gasteiger charge is -2.20. The highest BCUT2D eigenvalue weighted by atomic mass is 16.1. The number of pyridine rings is 2. The number of rotatable bonds is 22. The molecule has 0 spiro atoms. The summed E-state index contributed by atoms with van der Waals surface area (Å²) in [4.78, 5) is 38.8. The number of ketones is 2. The molecule has 8 heteroatoms. The predicted molar refractivity (Wildman–Crippen MR) is 169 cm³/mol. The van der Waals surface area contributed by atoms with Gasteiger partial charge in [-0.15, -0.1) is 0 Å². The van der Waals surface area contributed by atoms with E-state index in [4.69, 9.17) is 0 Å². The minimum atomic E-state index is -0.127. The summed E-state index contributed by atoms with van der Waals surface area (Å²) < 4.78 is 0. The largest absolute Gasteiger partial charge is 0.382 e. The van der Waals surface area contributed by atoms with Crippen molar-refractivity contribution in [2.75, 3.05) is 39.3 Å². The van der Waals surface area contributed by atoms with Gasteiger partial charge < -0.3 is 10.6 Å². The normalized spacial score (nSPS) is 13.4. The third-order valence-electron chi connectivity index (χ3n) is 7.63. The molecule has 3 rings (SSSR count). The number of carbonyl (C=O) groups is 2. The number of nitrogens with one attached hydrogen (secondary N) is 2. The van der Waals surface area contributed by atoms with Gasteiger partial charge in [0.05, 0.1) is 22.8 Å². The summed E-state index contributed by atoms with van der Waals surface area (Å²) in [6.07, 6.45) is 15.3. The summed E-state index contributed by atoms with van der Waals surface area (Å²) in [7, 11) is 0. The van der Waals surface area contributed by atoms with Crippen LogP contribution in [0.4, 0.5) is 0 Å². The van der Waals surface area contributed by atoms with E-state index in [-0.39, 0.29) is 11.6 Å². The second kappa shape index (κ2) is 19.7. The maximum Gasteiger partial charge on any atom is 0.203 e. The Morgan fingerprint density at radius 2 is 1.02 bits per heavy atom. The van der Waals surface area contributed by atoms with Crippen LogP contribution in [0, 0.1) is 0 Å². The van der Waals surface area contributed by atoms with E-state index in [2.05, 4.69) is 56.4 Å². The van der Waals surface area contributed by atoms with Crippen molar-refractivity contribution in [2.24, 2.45) is 0 Å². The van der Waals surface area contributed by atoms with Crippen molar-refractivity contribution >= 4 is 11.6 Å². The Morgan fingerprint density at radius 3 is 1.40 bits per heavy atom. The van der Waals surface area contributed by atoms with Crippen LogP contribution in [0.5, 0.6) is 0 Å². The second-order valence-electron chi connectivity index (χ2n) is 10.9. The van der Waals surface area contributed by atoms with Crippen LogP contribution in [0.25, 0.3) is 0 Å². The summed E-state index contributed by atoms with van der Waals surface area (Å²) in [5, 5.41) is 6.35. The van der Waals surface area contributed by atoms with Crippen molar-refractivity contribution in [2.45, 2.75) is 78.3 Å². The fraction of sp³-hybridized carbons (Fsp3) is 0.529. The number of nitrogens with zero attached hydrogens (tertiary/aromatic N) is 4. The zero-order chi connectivity index (χ0) is 29.8. The maximum atomic E-state index is 12.6. The van der Waals surface area contributed by atoms with Gasteiger partial charge in [-0.3, -0.25) is 29.4 Å². The maximum absolute atomic E-state index is 12.6. The standard InChI is InChI=1S/C34H50N6O2/c1-3-39(27-29-17-9-13-19-35-29)23-15-7-5-11-21-37-31-25-34(42)32(26-33(31)41)38-22-12-6-8-16-24-40(4-2)28-30-18-10-14-20-36-30/h9-10,13-14,17-20,25-26,37-38H,3-8,11-12,15-16,21-24,27-28H2,1-2H3. The lowest BCUT2D eigenvalue weighted by Crippen LogP contribution is -2.30. The molecule has 2 aromatic rings. The highest BCUT2D eigenvalue weighted by Gasteiger charge is 2.19. The topological polar surface area (TPSA) is 90.5 Å². The molecule has 42 heavy (non-hydrogen) atoms. The molecule has 0 fully saturated rings. The quantitative estimate of drug-likeness (QED) is 0.149. The molecular formula is C34H50N6O2. The lowest BCUT2D eigenvalue weighted by molar-refractivity contribution is -0.115. The first-order valence-electron chi connectivity index (χ1n) is 15.8. The molecule has 1 aliphatic rings. The fourth-order valence-electron chi connectivity index (χ4n) is 5.05. The lowest BCUT2D eigenvalue weighted by atomic mass is 10.1. The number of carbonyl (C=O) groups excluding carboxylic acids is 2. The molecule has 2 heterocycles. The van der Waals surface area contributed by atoms with E-state index in [1.165, 1.54) is 12.2 Å². The monoisotopic (exact) mass is 574 g/mol. The van der Waals surface area contributed by atoms with E-state index in [1.807, 2.05) is 36.7 Å². The average molecular weight is 575 g/mol. The zero-order valence-electron chi connectivity index (χ0n) is 25.7. The molecule has 8 nitrogen and oxygen atoms in total. The van der Waals surface area contributed by atoms with Crippen LogP contribution in [0.1, 0.15) is 76.6 Å². The Morgan fingerprint density at radius 1 is 0.595 bits per heavy atom. The number of allylic oxidation sites excluding steroid dienone is 2. The van der Waals surface area contributed by atoms with Crippen LogP contribution in [0.15, 0.2) is 72.3 Å². The van der Waals surface area contributed by atoms with Gasteiger partial charge in [0.2, 0.25) is 11.6 Å². The molecule has 0 radical (unpaired) electrons. The van der Waals surface area contributed by atoms with Crippen molar-refractivity contribution in [3.05, 3.63) is 83.7 Å². The molecule has 1 aliphatic carbocycles. The third kappa shape index (κ3) is 12.7. The Balaban J connectivity index is 1.21. The summed E-state index contributed by atoms with van der Waals surface area (Å²) in [5.74, 6) is -0.254. The van der Waals surface area contributed by atoms with Gasteiger partial charge in [0.1, 0.15) is 0 Å². The first kappa shape index (κ1) is 33.1. The summed E-state index contributed by atoms with van der Waals surface area (Å²) in [6, 6.07) is 12.1. The minimum absolute atomic E-state index is 0.127. The number of hydrogen-bond acceptors (Lipinski definition) is 8. The minimum Gasteiger partial charge on any atom is -0.382 e.